The highest BCUT2D eigenvalue weighted by Crippen LogP contribution is 2.20. The molecule has 0 aliphatic heterocycles. The van der Waals surface area contributed by atoms with E-state index >= 15 is 0 Å². The van der Waals surface area contributed by atoms with Crippen LogP contribution >= 0.6 is 0 Å². The van der Waals surface area contributed by atoms with Crippen molar-refractivity contribution in [1.29, 1.82) is 0 Å². The first-order chi connectivity index (χ1) is 12.1. The average Bonchev–Trinajstić information content (AvgIpc) is 2.59. The van der Waals surface area contributed by atoms with Crippen LogP contribution in [-0.2, 0) is 0 Å². The van der Waals surface area contributed by atoms with Gasteiger partial charge >= 0.3 is 0 Å². The van der Waals surface area contributed by atoms with Gasteiger partial charge in [0.15, 0.2) is 0 Å². The van der Waals surface area contributed by atoms with Gasteiger partial charge in [0, 0.05) is 17.1 Å². The van der Waals surface area contributed by atoms with Crippen LogP contribution in [0.15, 0.2) is 59.4 Å². The maximum absolute atomic E-state index is 13.3. The molecule has 1 amide bonds. The van der Waals surface area contributed by atoms with Gasteiger partial charge in [0.05, 0.1) is 0 Å². The van der Waals surface area contributed by atoms with Crippen LogP contribution < -0.4 is 10.9 Å². The molecule has 1 saturated carbocycles. The molecule has 3 aromatic rings. The van der Waals surface area contributed by atoms with E-state index in [1.807, 2.05) is 12.1 Å². The quantitative estimate of drug-likeness (QED) is 0.797. The molecule has 126 valence electrons. The number of amides is 1. The first kappa shape index (κ1) is 15.6. The summed E-state index contributed by atoms with van der Waals surface area (Å²) in [4.78, 5) is 25.8. The fourth-order valence-electron chi connectivity index (χ4n) is 3.08. The molecule has 5 heteroatoms. The Labute approximate surface area is 143 Å². The van der Waals surface area contributed by atoms with E-state index in [4.69, 9.17) is 0 Å². The number of hydrogen-bond donors (Lipinski definition) is 1. The maximum atomic E-state index is 13.3. The van der Waals surface area contributed by atoms with Crippen LogP contribution in [0, 0.1) is 5.82 Å². The fourth-order valence-corrected chi connectivity index (χ4v) is 3.08. The fraction of sp³-hybridized carbons (Fsp3) is 0.200. The Morgan fingerprint density at radius 1 is 1.08 bits per heavy atom. The second-order valence-corrected chi connectivity index (χ2v) is 6.34. The highest BCUT2D eigenvalue weighted by molar-refractivity contribution is 5.97. The molecule has 0 unspecified atom stereocenters. The van der Waals surface area contributed by atoms with Gasteiger partial charge in [-0.15, -0.1) is 0 Å². The Morgan fingerprint density at radius 2 is 1.80 bits per heavy atom. The number of rotatable bonds is 3. The SMILES string of the molecule is O=C(NC1CCC1)c1cc2ccccc2c(=O)n1-c1ccc(F)cc1. The second kappa shape index (κ2) is 6.16. The number of carbonyl (C=O) groups is 1. The molecule has 2 aromatic carbocycles. The predicted molar refractivity (Wildman–Crippen MR) is 94.6 cm³/mol. The van der Waals surface area contributed by atoms with Crippen molar-refractivity contribution in [2.75, 3.05) is 0 Å². The van der Waals surface area contributed by atoms with E-state index in [2.05, 4.69) is 5.32 Å². The number of benzene rings is 2. The lowest BCUT2D eigenvalue weighted by Gasteiger charge is -2.27. The van der Waals surface area contributed by atoms with Crippen LogP contribution in [0.4, 0.5) is 4.39 Å². The summed E-state index contributed by atoms with van der Waals surface area (Å²) in [5, 5.41) is 4.21. The third-order valence-corrected chi connectivity index (χ3v) is 4.69. The summed E-state index contributed by atoms with van der Waals surface area (Å²) < 4.78 is 14.6. The number of aromatic nitrogens is 1. The number of nitrogens with zero attached hydrogens (tertiary/aromatic N) is 1. The van der Waals surface area contributed by atoms with Gasteiger partial charge in [-0.2, -0.15) is 0 Å². The minimum atomic E-state index is -0.391. The maximum Gasteiger partial charge on any atom is 0.268 e. The zero-order valence-corrected chi connectivity index (χ0v) is 13.5. The van der Waals surface area contributed by atoms with Crippen LogP contribution in [0.2, 0.25) is 0 Å². The van der Waals surface area contributed by atoms with Crippen molar-refractivity contribution >= 4 is 16.7 Å². The molecule has 1 aliphatic rings. The van der Waals surface area contributed by atoms with E-state index in [0.29, 0.717) is 16.5 Å². The van der Waals surface area contributed by atoms with Crippen molar-refractivity contribution in [2.45, 2.75) is 25.3 Å². The first-order valence-electron chi connectivity index (χ1n) is 8.35. The predicted octanol–water partition coefficient (Wildman–Crippen LogP) is 3.41. The van der Waals surface area contributed by atoms with Crippen LogP contribution in [0.5, 0.6) is 0 Å². The minimum Gasteiger partial charge on any atom is -0.348 e. The molecule has 1 fully saturated rings. The monoisotopic (exact) mass is 336 g/mol. The Balaban J connectivity index is 1.92. The molecule has 1 heterocycles. The molecule has 4 nitrogen and oxygen atoms in total. The molecule has 0 saturated heterocycles. The lowest BCUT2D eigenvalue weighted by atomic mass is 9.93. The van der Waals surface area contributed by atoms with E-state index < -0.39 is 5.82 Å². The number of pyridine rings is 1. The Hall–Kier alpha value is -2.95. The molecule has 1 aromatic heterocycles. The molecular weight excluding hydrogens is 319 g/mol. The van der Waals surface area contributed by atoms with Gasteiger partial charge in [-0.05, 0) is 61.0 Å². The van der Waals surface area contributed by atoms with E-state index in [1.165, 1.54) is 28.8 Å². The number of nitrogens with one attached hydrogen (secondary N) is 1. The molecule has 0 spiro atoms. The van der Waals surface area contributed by atoms with Gasteiger partial charge < -0.3 is 5.32 Å². The van der Waals surface area contributed by atoms with Crippen molar-refractivity contribution in [3.8, 4) is 5.69 Å². The summed E-state index contributed by atoms with van der Waals surface area (Å²) in [6, 6.07) is 14.6. The minimum absolute atomic E-state index is 0.163. The van der Waals surface area contributed by atoms with E-state index in [9.17, 15) is 14.0 Å². The van der Waals surface area contributed by atoms with Gasteiger partial charge in [-0.1, -0.05) is 18.2 Å². The van der Waals surface area contributed by atoms with E-state index in [0.717, 1.165) is 19.3 Å². The van der Waals surface area contributed by atoms with E-state index in [-0.39, 0.29) is 23.2 Å². The van der Waals surface area contributed by atoms with Crippen molar-refractivity contribution in [1.82, 2.24) is 9.88 Å². The topological polar surface area (TPSA) is 51.1 Å². The molecule has 0 atom stereocenters. The number of carbonyl (C=O) groups excluding carboxylic acids is 1. The summed E-state index contributed by atoms with van der Waals surface area (Å²) >= 11 is 0. The van der Waals surface area contributed by atoms with Crippen molar-refractivity contribution in [2.24, 2.45) is 0 Å². The van der Waals surface area contributed by atoms with Gasteiger partial charge in [0.25, 0.3) is 11.5 Å². The van der Waals surface area contributed by atoms with Gasteiger partial charge in [0.1, 0.15) is 11.5 Å². The summed E-state index contributed by atoms with van der Waals surface area (Å²) in [6.45, 7) is 0. The van der Waals surface area contributed by atoms with Crippen LogP contribution in [0.3, 0.4) is 0 Å². The van der Waals surface area contributed by atoms with E-state index in [1.54, 1.807) is 18.2 Å². The summed E-state index contributed by atoms with van der Waals surface area (Å²) in [5.74, 6) is -0.671. The molecule has 4 rings (SSSR count). The second-order valence-electron chi connectivity index (χ2n) is 6.34. The number of fused-ring (bicyclic) bond motifs is 1. The van der Waals surface area contributed by atoms with Gasteiger partial charge in [-0.25, -0.2) is 4.39 Å². The summed E-state index contributed by atoms with van der Waals surface area (Å²) in [7, 11) is 0. The number of hydrogen-bond acceptors (Lipinski definition) is 2. The van der Waals surface area contributed by atoms with Crippen molar-refractivity contribution in [3.05, 3.63) is 76.5 Å². The third-order valence-electron chi connectivity index (χ3n) is 4.69. The number of halogens is 1. The molecular formula is C20H17FN2O2. The van der Waals surface area contributed by atoms with Crippen LogP contribution in [0.25, 0.3) is 16.5 Å². The van der Waals surface area contributed by atoms with Crippen LogP contribution in [-0.4, -0.2) is 16.5 Å². The Bertz CT molecular complexity index is 1000. The van der Waals surface area contributed by atoms with Gasteiger partial charge in [0.2, 0.25) is 0 Å². The van der Waals surface area contributed by atoms with Crippen LogP contribution in [0.1, 0.15) is 29.8 Å². The smallest absolute Gasteiger partial charge is 0.268 e. The lowest BCUT2D eigenvalue weighted by molar-refractivity contribution is 0.0909. The largest absolute Gasteiger partial charge is 0.348 e. The molecule has 1 aliphatic carbocycles. The van der Waals surface area contributed by atoms with Crippen molar-refractivity contribution < 1.29 is 9.18 Å². The molecule has 25 heavy (non-hydrogen) atoms. The molecule has 0 bridgehead atoms. The zero-order chi connectivity index (χ0) is 17.4. The summed E-state index contributed by atoms with van der Waals surface area (Å²) in [6.07, 6.45) is 3.02. The molecule has 0 radical (unpaired) electrons. The average molecular weight is 336 g/mol. The van der Waals surface area contributed by atoms with Crippen molar-refractivity contribution in [3.63, 3.8) is 0 Å². The standard InChI is InChI=1S/C20H17FN2O2/c21-14-8-10-16(11-9-14)23-18(19(24)22-15-5-3-6-15)12-13-4-1-2-7-17(13)20(23)25/h1-2,4,7-12,15H,3,5-6H2,(H,22,24). The highest BCUT2D eigenvalue weighted by Gasteiger charge is 2.23. The Kier molecular flexibility index (Phi) is 3.84. The zero-order valence-electron chi connectivity index (χ0n) is 13.5. The third kappa shape index (κ3) is 2.82. The normalized spacial score (nSPS) is 14.3. The van der Waals surface area contributed by atoms with Gasteiger partial charge in [-0.3, -0.25) is 14.2 Å². The summed E-state index contributed by atoms with van der Waals surface area (Å²) in [5.41, 5.74) is 0.446. The molecule has 1 N–H and O–H groups in total. The highest BCUT2D eigenvalue weighted by atomic mass is 19.1. The Morgan fingerprint density at radius 3 is 2.48 bits per heavy atom. The lowest BCUT2D eigenvalue weighted by Crippen LogP contribution is -2.41. The first-order valence-corrected chi connectivity index (χ1v) is 8.35.